The summed E-state index contributed by atoms with van der Waals surface area (Å²) >= 11 is 0. The minimum Gasteiger partial charge on any atom is -0.369 e. The fraction of sp³-hybridized carbons (Fsp3) is 0.368. The first-order chi connectivity index (χ1) is 12.5. The first kappa shape index (κ1) is 18.2. The molecule has 2 heterocycles. The summed E-state index contributed by atoms with van der Waals surface area (Å²) in [7, 11) is 0. The molecule has 0 atom stereocenters. The average Bonchev–Trinajstić information content (AvgIpc) is 2.87. The van der Waals surface area contributed by atoms with Crippen molar-refractivity contribution in [3.63, 3.8) is 0 Å². The van der Waals surface area contributed by atoms with E-state index < -0.39 is 11.7 Å². The second-order valence-electron chi connectivity index (χ2n) is 6.32. The van der Waals surface area contributed by atoms with Gasteiger partial charge in [0.15, 0.2) is 0 Å². The fourth-order valence-electron chi connectivity index (χ4n) is 3.08. The van der Waals surface area contributed by atoms with Gasteiger partial charge in [-0.2, -0.15) is 18.4 Å². The Morgan fingerprint density at radius 3 is 2.38 bits per heavy atom. The van der Waals surface area contributed by atoms with Gasteiger partial charge in [-0.15, -0.1) is 0 Å². The van der Waals surface area contributed by atoms with Crippen LogP contribution in [0, 0.1) is 11.3 Å². The largest absolute Gasteiger partial charge is 0.416 e. The van der Waals surface area contributed by atoms with Crippen LogP contribution in [0.3, 0.4) is 0 Å². The number of rotatable bonds is 3. The monoisotopic (exact) mass is 360 g/mol. The van der Waals surface area contributed by atoms with E-state index in [1.54, 1.807) is 24.4 Å². The number of nitrogens with zero attached hydrogens (tertiary/aromatic N) is 4. The van der Waals surface area contributed by atoms with Crippen LogP contribution in [0.15, 0.2) is 42.6 Å². The first-order valence-corrected chi connectivity index (χ1v) is 8.45. The van der Waals surface area contributed by atoms with Crippen LogP contribution in [0.1, 0.15) is 23.2 Å². The summed E-state index contributed by atoms with van der Waals surface area (Å²) in [6, 6.07) is 11.0. The molecule has 0 spiro atoms. The summed E-state index contributed by atoms with van der Waals surface area (Å²) in [4.78, 5) is 8.58. The van der Waals surface area contributed by atoms with Crippen molar-refractivity contribution in [3.05, 3.63) is 59.4 Å². The van der Waals surface area contributed by atoms with Gasteiger partial charge < -0.3 is 4.90 Å². The van der Waals surface area contributed by atoms with Crippen LogP contribution < -0.4 is 4.90 Å². The van der Waals surface area contributed by atoms with Gasteiger partial charge in [0.2, 0.25) is 0 Å². The Morgan fingerprint density at radius 2 is 1.77 bits per heavy atom. The van der Waals surface area contributed by atoms with Gasteiger partial charge in [-0.05, 0) is 36.2 Å². The van der Waals surface area contributed by atoms with Crippen molar-refractivity contribution in [1.82, 2.24) is 9.88 Å². The Bertz CT molecular complexity index is 763. The highest BCUT2D eigenvalue weighted by Crippen LogP contribution is 2.29. The highest BCUT2D eigenvalue weighted by Gasteiger charge is 2.30. The molecular formula is C19H19F3N4. The number of anilines is 1. The maximum absolute atomic E-state index is 12.6. The molecule has 0 bridgehead atoms. The predicted molar refractivity (Wildman–Crippen MR) is 92.5 cm³/mol. The highest BCUT2D eigenvalue weighted by atomic mass is 19.4. The van der Waals surface area contributed by atoms with Gasteiger partial charge in [0.1, 0.15) is 11.8 Å². The predicted octanol–water partition coefficient (Wildman–Crippen LogP) is 3.68. The molecule has 0 amide bonds. The van der Waals surface area contributed by atoms with E-state index in [1.165, 1.54) is 0 Å². The van der Waals surface area contributed by atoms with Gasteiger partial charge in [-0.25, -0.2) is 4.98 Å². The van der Waals surface area contributed by atoms with E-state index in [1.807, 2.05) is 12.1 Å². The third-order valence-electron chi connectivity index (χ3n) is 4.50. The van der Waals surface area contributed by atoms with Crippen LogP contribution in [0.4, 0.5) is 18.9 Å². The average molecular weight is 360 g/mol. The van der Waals surface area contributed by atoms with Gasteiger partial charge in [0, 0.05) is 32.7 Å². The van der Waals surface area contributed by atoms with E-state index in [4.69, 9.17) is 5.26 Å². The SMILES string of the molecule is N#Cc1ccc(N2CCCN(Cc3ccc(C(F)(F)F)cc3)CC2)cn1. The lowest BCUT2D eigenvalue weighted by Crippen LogP contribution is -2.30. The number of hydrogen-bond donors (Lipinski definition) is 0. The quantitative estimate of drug-likeness (QED) is 0.837. The van der Waals surface area contributed by atoms with Gasteiger partial charge in [-0.1, -0.05) is 12.1 Å². The van der Waals surface area contributed by atoms with Crippen molar-refractivity contribution < 1.29 is 13.2 Å². The molecule has 4 nitrogen and oxygen atoms in total. The van der Waals surface area contributed by atoms with E-state index in [2.05, 4.69) is 14.8 Å². The van der Waals surface area contributed by atoms with E-state index in [9.17, 15) is 13.2 Å². The number of pyridine rings is 1. The number of hydrogen-bond acceptors (Lipinski definition) is 4. The normalized spacial score (nSPS) is 16.2. The summed E-state index contributed by atoms with van der Waals surface area (Å²) in [5.41, 5.74) is 1.65. The van der Waals surface area contributed by atoms with Crippen LogP contribution in [0.25, 0.3) is 0 Å². The zero-order valence-electron chi connectivity index (χ0n) is 14.2. The van der Waals surface area contributed by atoms with Gasteiger partial charge in [-0.3, -0.25) is 4.90 Å². The summed E-state index contributed by atoms with van der Waals surface area (Å²) in [6.07, 6.45) is -1.62. The van der Waals surface area contributed by atoms with E-state index in [-0.39, 0.29) is 0 Å². The summed E-state index contributed by atoms with van der Waals surface area (Å²) in [6.45, 7) is 4.05. The van der Waals surface area contributed by atoms with Crippen molar-refractivity contribution in [1.29, 1.82) is 5.26 Å². The van der Waals surface area contributed by atoms with Gasteiger partial charge in [0.05, 0.1) is 17.4 Å². The molecule has 1 aliphatic rings. The summed E-state index contributed by atoms with van der Waals surface area (Å²) in [5, 5.41) is 8.83. The van der Waals surface area contributed by atoms with Gasteiger partial charge >= 0.3 is 6.18 Å². The molecule has 0 saturated carbocycles. The van der Waals surface area contributed by atoms with Crippen molar-refractivity contribution in [2.24, 2.45) is 0 Å². The molecule has 0 unspecified atom stereocenters. The second-order valence-corrected chi connectivity index (χ2v) is 6.32. The van der Waals surface area contributed by atoms with Crippen LogP contribution in [-0.2, 0) is 12.7 Å². The number of alkyl halides is 3. The first-order valence-electron chi connectivity index (χ1n) is 8.45. The van der Waals surface area contributed by atoms with E-state index in [0.717, 1.165) is 56.0 Å². The smallest absolute Gasteiger partial charge is 0.369 e. The number of nitriles is 1. The lowest BCUT2D eigenvalue weighted by Gasteiger charge is -2.23. The lowest BCUT2D eigenvalue weighted by atomic mass is 10.1. The molecule has 1 fully saturated rings. The maximum Gasteiger partial charge on any atom is 0.416 e. The van der Waals surface area contributed by atoms with Gasteiger partial charge in [0.25, 0.3) is 0 Å². The number of halogens is 3. The van der Waals surface area contributed by atoms with Crippen LogP contribution in [0.5, 0.6) is 0 Å². The molecule has 26 heavy (non-hydrogen) atoms. The summed E-state index contributed by atoms with van der Waals surface area (Å²) in [5.74, 6) is 0. The van der Waals surface area contributed by atoms with Crippen molar-refractivity contribution >= 4 is 5.69 Å². The third-order valence-corrected chi connectivity index (χ3v) is 4.50. The Morgan fingerprint density at radius 1 is 1.00 bits per heavy atom. The molecule has 0 radical (unpaired) electrons. The molecule has 1 aromatic heterocycles. The molecule has 1 aliphatic heterocycles. The zero-order valence-corrected chi connectivity index (χ0v) is 14.2. The molecule has 2 aromatic rings. The molecule has 7 heteroatoms. The Kier molecular flexibility index (Phi) is 5.43. The number of benzene rings is 1. The molecule has 0 N–H and O–H groups in total. The molecule has 0 aliphatic carbocycles. The highest BCUT2D eigenvalue weighted by molar-refractivity contribution is 5.46. The fourth-order valence-corrected chi connectivity index (χ4v) is 3.08. The Balaban J connectivity index is 1.59. The van der Waals surface area contributed by atoms with E-state index >= 15 is 0 Å². The lowest BCUT2D eigenvalue weighted by molar-refractivity contribution is -0.137. The van der Waals surface area contributed by atoms with Crippen LogP contribution >= 0.6 is 0 Å². The third kappa shape index (κ3) is 4.52. The van der Waals surface area contributed by atoms with Crippen molar-refractivity contribution in [2.45, 2.75) is 19.1 Å². The molecular weight excluding hydrogens is 341 g/mol. The van der Waals surface area contributed by atoms with E-state index in [0.29, 0.717) is 12.2 Å². The molecule has 1 saturated heterocycles. The summed E-state index contributed by atoms with van der Waals surface area (Å²) < 4.78 is 37.9. The Labute approximate surface area is 150 Å². The topological polar surface area (TPSA) is 43.2 Å². The number of aromatic nitrogens is 1. The van der Waals surface area contributed by atoms with Crippen molar-refractivity contribution in [3.8, 4) is 6.07 Å². The standard InChI is InChI=1S/C19H19F3N4/c20-19(21,22)16-4-2-15(3-5-16)14-25-8-1-9-26(11-10-25)18-7-6-17(12-23)24-13-18/h2-7,13H,1,8-11,14H2. The molecule has 1 aromatic carbocycles. The van der Waals surface area contributed by atoms with Crippen molar-refractivity contribution in [2.75, 3.05) is 31.1 Å². The Hall–Kier alpha value is -2.59. The maximum atomic E-state index is 12.6. The second kappa shape index (κ2) is 7.75. The minimum atomic E-state index is -4.29. The van der Waals surface area contributed by atoms with Crippen LogP contribution in [0.2, 0.25) is 0 Å². The molecule has 3 rings (SSSR count). The van der Waals surface area contributed by atoms with Crippen LogP contribution in [-0.4, -0.2) is 36.1 Å². The zero-order chi connectivity index (χ0) is 18.6. The molecule has 136 valence electrons. The minimum absolute atomic E-state index is 0.396.